The third-order valence-electron chi connectivity index (χ3n) is 4.33. The van der Waals surface area contributed by atoms with Crippen molar-refractivity contribution in [2.24, 2.45) is 0 Å². The molecule has 0 fully saturated rings. The Labute approximate surface area is 162 Å². The Bertz CT molecular complexity index is 779. The van der Waals surface area contributed by atoms with E-state index in [2.05, 4.69) is 4.98 Å². The van der Waals surface area contributed by atoms with Crippen LogP contribution in [0.5, 0.6) is 0 Å². The van der Waals surface area contributed by atoms with Crippen LogP contribution < -0.4 is 0 Å². The van der Waals surface area contributed by atoms with Gasteiger partial charge in [0, 0.05) is 25.3 Å². The summed E-state index contributed by atoms with van der Waals surface area (Å²) in [7, 11) is -3.47. The van der Waals surface area contributed by atoms with Crippen LogP contribution in [0.4, 0.5) is 0 Å². The van der Waals surface area contributed by atoms with Gasteiger partial charge in [0.2, 0.25) is 15.9 Å². The molecule has 7 heteroatoms. The van der Waals surface area contributed by atoms with Crippen LogP contribution in [-0.4, -0.2) is 42.5 Å². The number of sulfonamides is 1. The standard InChI is InChI=1S/C20H30N2O4S/c1-3-13-22(14-4-2)27(24,25)19-11-9-17(10-12-19)20-21-18(16-26-20)8-6-5-7-15-23/h9-12,16,23H,3-8,13-15H2,1-2H3. The van der Waals surface area contributed by atoms with Crippen LogP contribution in [0.3, 0.4) is 0 Å². The van der Waals surface area contributed by atoms with E-state index in [0.717, 1.165) is 49.8 Å². The summed E-state index contributed by atoms with van der Waals surface area (Å²) >= 11 is 0. The molecule has 0 unspecified atom stereocenters. The maximum Gasteiger partial charge on any atom is 0.243 e. The van der Waals surface area contributed by atoms with E-state index in [0.29, 0.717) is 23.9 Å². The van der Waals surface area contributed by atoms with Gasteiger partial charge < -0.3 is 9.52 Å². The molecule has 0 saturated heterocycles. The lowest BCUT2D eigenvalue weighted by molar-refractivity contribution is 0.283. The fourth-order valence-corrected chi connectivity index (χ4v) is 4.54. The van der Waals surface area contributed by atoms with Crippen molar-refractivity contribution in [1.29, 1.82) is 0 Å². The fraction of sp³-hybridized carbons (Fsp3) is 0.550. The molecule has 1 N–H and O–H groups in total. The maximum absolute atomic E-state index is 12.8. The largest absolute Gasteiger partial charge is 0.444 e. The third-order valence-corrected chi connectivity index (χ3v) is 6.24. The second kappa shape index (κ2) is 10.6. The van der Waals surface area contributed by atoms with Gasteiger partial charge >= 0.3 is 0 Å². The van der Waals surface area contributed by atoms with Crippen LogP contribution in [0, 0.1) is 0 Å². The number of unbranched alkanes of at least 4 members (excludes halogenated alkanes) is 2. The van der Waals surface area contributed by atoms with Crippen molar-refractivity contribution in [2.45, 2.75) is 57.3 Å². The Hall–Kier alpha value is -1.70. The highest BCUT2D eigenvalue weighted by atomic mass is 32.2. The lowest BCUT2D eigenvalue weighted by Crippen LogP contribution is -2.32. The maximum atomic E-state index is 12.8. The molecule has 0 spiro atoms. The van der Waals surface area contributed by atoms with Crippen molar-refractivity contribution in [1.82, 2.24) is 9.29 Å². The van der Waals surface area contributed by atoms with Crippen molar-refractivity contribution >= 4 is 10.0 Å². The highest BCUT2D eigenvalue weighted by Crippen LogP contribution is 2.23. The summed E-state index contributed by atoms with van der Waals surface area (Å²) in [6, 6.07) is 6.72. The number of nitrogens with zero attached hydrogens (tertiary/aromatic N) is 2. The zero-order valence-electron chi connectivity index (χ0n) is 16.2. The summed E-state index contributed by atoms with van der Waals surface area (Å²) < 4.78 is 32.7. The van der Waals surface area contributed by atoms with E-state index in [-0.39, 0.29) is 6.61 Å². The Morgan fingerprint density at radius 1 is 1.04 bits per heavy atom. The minimum Gasteiger partial charge on any atom is -0.444 e. The second-order valence-corrected chi connectivity index (χ2v) is 8.54. The lowest BCUT2D eigenvalue weighted by Gasteiger charge is -2.21. The van der Waals surface area contributed by atoms with E-state index in [9.17, 15) is 8.42 Å². The first-order valence-electron chi connectivity index (χ1n) is 9.68. The van der Waals surface area contributed by atoms with Gasteiger partial charge in [-0.05, 0) is 56.4 Å². The Kier molecular flexibility index (Phi) is 8.47. The number of oxazole rings is 1. The summed E-state index contributed by atoms with van der Waals surface area (Å²) in [5, 5.41) is 8.81. The van der Waals surface area contributed by atoms with Crippen LogP contribution in [0.1, 0.15) is 51.6 Å². The first-order valence-corrected chi connectivity index (χ1v) is 11.1. The van der Waals surface area contributed by atoms with E-state index >= 15 is 0 Å². The minimum absolute atomic E-state index is 0.216. The van der Waals surface area contributed by atoms with E-state index in [1.807, 2.05) is 13.8 Å². The number of aryl methyl sites for hydroxylation is 1. The summed E-state index contributed by atoms with van der Waals surface area (Å²) in [5.74, 6) is 0.495. The molecule has 0 saturated carbocycles. The monoisotopic (exact) mass is 394 g/mol. The lowest BCUT2D eigenvalue weighted by atomic mass is 10.1. The first-order chi connectivity index (χ1) is 13.0. The molecule has 0 aliphatic carbocycles. The van der Waals surface area contributed by atoms with E-state index in [4.69, 9.17) is 9.52 Å². The minimum atomic E-state index is -3.47. The molecular weight excluding hydrogens is 364 g/mol. The molecule has 27 heavy (non-hydrogen) atoms. The topological polar surface area (TPSA) is 83.6 Å². The quantitative estimate of drug-likeness (QED) is 0.553. The summed E-state index contributed by atoms with van der Waals surface area (Å²) in [5.41, 5.74) is 1.63. The Balaban J connectivity index is 2.09. The van der Waals surface area contributed by atoms with Gasteiger partial charge in [-0.1, -0.05) is 20.3 Å². The van der Waals surface area contributed by atoms with Crippen LogP contribution in [0.2, 0.25) is 0 Å². The van der Waals surface area contributed by atoms with Gasteiger partial charge in [-0.15, -0.1) is 0 Å². The smallest absolute Gasteiger partial charge is 0.243 e. The molecule has 150 valence electrons. The van der Waals surface area contributed by atoms with Crippen LogP contribution >= 0.6 is 0 Å². The third kappa shape index (κ3) is 5.89. The number of aromatic nitrogens is 1. The molecule has 2 rings (SSSR count). The van der Waals surface area contributed by atoms with E-state index in [1.165, 1.54) is 4.31 Å². The van der Waals surface area contributed by atoms with Gasteiger partial charge in [-0.2, -0.15) is 4.31 Å². The fourth-order valence-electron chi connectivity index (χ4n) is 2.92. The van der Waals surface area contributed by atoms with Crippen LogP contribution in [-0.2, 0) is 16.4 Å². The highest BCUT2D eigenvalue weighted by Gasteiger charge is 2.23. The van der Waals surface area contributed by atoms with Crippen molar-refractivity contribution in [3.05, 3.63) is 36.2 Å². The van der Waals surface area contributed by atoms with Crippen molar-refractivity contribution in [3.8, 4) is 11.5 Å². The Morgan fingerprint density at radius 2 is 1.70 bits per heavy atom. The molecule has 0 bridgehead atoms. The predicted octanol–water partition coefficient (Wildman–Crippen LogP) is 3.86. The molecule has 1 heterocycles. The average Bonchev–Trinajstić information content (AvgIpc) is 3.14. The second-order valence-electron chi connectivity index (χ2n) is 6.61. The molecule has 0 amide bonds. The summed E-state index contributed by atoms with van der Waals surface area (Å²) in [4.78, 5) is 4.77. The molecular formula is C20H30N2O4S. The van der Waals surface area contributed by atoms with Crippen molar-refractivity contribution in [3.63, 3.8) is 0 Å². The molecule has 0 radical (unpaired) electrons. The van der Waals surface area contributed by atoms with E-state index in [1.54, 1.807) is 30.5 Å². The number of hydrogen-bond donors (Lipinski definition) is 1. The highest BCUT2D eigenvalue weighted by molar-refractivity contribution is 7.89. The van der Waals surface area contributed by atoms with Crippen molar-refractivity contribution < 1.29 is 17.9 Å². The van der Waals surface area contributed by atoms with Crippen LogP contribution in [0.15, 0.2) is 39.8 Å². The van der Waals surface area contributed by atoms with Gasteiger partial charge in [-0.3, -0.25) is 0 Å². The molecule has 2 aromatic rings. The molecule has 0 aliphatic heterocycles. The molecule has 6 nitrogen and oxygen atoms in total. The molecule has 1 aromatic heterocycles. The molecule has 1 aromatic carbocycles. The van der Waals surface area contributed by atoms with Gasteiger partial charge in [0.25, 0.3) is 0 Å². The number of aliphatic hydroxyl groups excluding tert-OH is 1. The molecule has 0 atom stereocenters. The zero-order chi connectivity index (χ0) is 19.7. The number of aliphatic hydroxyl groups is 1. The SMILES string of the molecule is CCCN(CCC)S(=O)(=O)c1ccc(-c2nc(CCCCCO)co2)cc1. The molecule has 0 aliphatic rings. The van der Waals surface area contributed by atoms with Gasteiger partial charge in [0.1, 0.15) is 6.26 Å². The predicted molar refractivity (Wildman–Crippen MR) is 106 cm³/mol. The average molecular weight is 395 g/mol. The summed E-state index contributed by atoms with van der Waals surface area (Å²) in [6.07, 6.45) is 6.73. The van der Waals surface area contributed by atoms with Gasteiger partial charge in [-0.25, -0.2) is 13.4 Å². The summed E-state index contributed by atoms with van der Waals surface area (Å²) in [6.45, 7) is 5.22. The van der Waals surface area contributed by atoms with Gasteiger partial charge in [0.15, 0.2) is 0 Å². The Morgan fingerprint density at radius 3 is 2.30 bits per heavy atom. The van der Waals surface area contributed by atoms with E-state index < -0.39 is 10.0 Å². The zero-order valence-corrected chi connectivity index (χ0v) is 17.0. The van der Waals surface area contributed by atoms with Gasteiger partial charge in [0.05, 0.1) is 10.6 Å². The normalized spacial score (nSPS) is 12.0. The number of hydrogen-bond acceptors (Lipinski definition) is 5. The number of benzene rings is 1. The first kappa shape index (κ1) is 21.6. The van der Waals surface area contributed by atoms with Crippen LogP contribution in [0.25, 0.3) is 11.5 Å². The van der Waals surface area contributed by atoms with Crippen molar-refractivity contribution in [2.75, 3.05) is 19.7 Å². The number of rotatable bonds is 12.